The van der Waals surface area contributed by atoms with E-state index >= 15 is 0 Å². The van der Waals surface area contributed by atoms with Crippen molar-refractivity contribution >= 4 is 17.0 Å². The molecule has 0 radical (unpaired) electrons. The van der Waals surface area contributed by atoms with Crippen LogP contribution in [0.5, 0.6) is 0 Å². The van der Waals surface area contributed by atoms with Crippen molar-refractivity contribution in [2.75, 3.05) is 12.4 Å². The van der Waals surface area contributed by atoms with Gasteiger partial charge in [0, 0.05) is 19.0 Å². The van der Waals surface area contributed by atoms with Crippen LogP contribution in [0.1, 0.15) is 24.7 Å². The van der Waals surface area contributed by atoms with Crippen molar-refractivity contribution in [3.8, 4) is 22.5 Å². The lowest BCUT2D eigenvalue weighted by Gasteiger charge is -2.11. The third kappa shape index (κ3) is 3.71. The third-order valence-corrected chi connectivity index (χ3v) is 5.52. The molecule has 0 aliphatic heterocycles. The number of hydrogen-bond acceptors (Lipinski definition) is 6. The minimum Gasteiger partial charge on any atom is -0.373 e. The van der Waals surface area contributed by atoms with Crippen molar-refractivity contribution in [1.82, 2.24) is 35.2 Å². The molecule has 0 saturated carbocycles. The molecule has 8 nitrogen and oxygen atoms in total. The van der Waals surface area contributed by atoms with Gasteiger partial charge >= 0.3 is 0 Å². The van der Waals surface area contributed by atoms with Crippen molar-refractivity contribution in [3.05, 3.63) is 72.1 Å². The number of tetrazole rings is 1. The van der Waals surface area contributed by atoms with Gasteiger partial charge in [-0.1, -0.05) is 55.5 Å². The van der Waals surface area contributed by atoms with E-state index in [9.17, 15) is 0 Å². The number of aromatic amines is 1. The normalized spacial score (nSPS) is 11.2. The van der Waals surface area contributed by atoms with E-state index in [1.54, 1.807) is 0 Å². The number of rotatable bonds is 7. The molecule has 0 aliphatic rings. The zero-order valence-corrected chi connectivity index (χ0v) is 18.1. The van der Waals surface area contributed by atoms with Gasteiger partial charge in [0.2, 0.25) is 5.82 Å². The summed E-state index contributed by atoms with van der Waals surface area (Å²) in [5.74, 6) is 2.50. The highest BCUT2D eigenvalue weighted by molar-refractivity contribution is 5.80. The third-order valence-electron chi connectivity index (χ3n) is 5.52. The van der Waals surface area contributed by atoms with Crippen LogP contribution in [0.4, 0.5) is 5.82 Å². The first-order valence-electron chi connectivity index (χ1n) is 10.7. The van der Waals surface area contributed by atoms with Crippen LogP contribution in [-0.4, -0.2) is 42.2 Å². The molecule has 3 heterocycles. The van der Waals surface area contributed by atoms with E-state index in [0.717, 1.165) is 58.9 Å². The number of nitrogens with zero attached hydrogens (tertiary/aromatic N) is 6. The Bertz CT molecular complexity index is 1340. The zero-order chi connectivity index (χ0) is 21.9. The fourth-order valence-electron chi connectivity index (χ4n) is 3.95. The first kappa shape index (κ1) is 19.9. The van der Waals surface area contributed by atoms with Crippen LogP contribution in [-0.2, 0) is 13.0 Å². The first-order chi connectivity index (χ1) is 15.8. The highest BCUT2D eigenvalue weighted by atomic mass is 15.5. The lowest BCUT2D eigenvalue weighted by molar-refractivity contribution is 0.717. The summed E-state index contributed by atoms with van der Waals surface area (Å²) in [5.41, 5.74) is 6.15. The number of H-pyrrole nitrogens is 1. The van der Waals surface area contributed by atoms with Gasteiger partial charge in [0.15, 0.2) is 5.65 Å². The van der Waals surface area contributed by atoms with E-state index in [4.69, 9.17) is 9.97 Å². The van der Waals surface area contributed by atoms with Crippen LogP contribution in [0.3, 0.4) is 0 Å². The van der Waals surface area contributed by atoms with Gasteiger partial charge in [-0.3, -0.25) is 0 Å². The summed E-state index contributed by atoms with van der Waals surface area (Å²) in [6.07, 6.45) is 1.95. The Morgan fingerprint density at radius 1 is 0.938 bits per heavy atom. The molecule has 0 atom stereocenters. The molecule has 0 spiro atoms. The van der Waals surface area contributed by atoms with Crippen molar-refractivity contribution in [3.63, 3.8) is 0 Å². The van der Waals surface area contributed by atoms with Crippen LogP contribution in [0.2, 0.25) is 0 Å². The van der Waals surface area contributed by atoms with Gasteiger partial charge in [0.25, 0.3) is 0 Å². The molecule has 8 heteroatoms. The number of hydrogen-bond donors (Lipinski definition) is 2. The highest BCUT2D eigenvalue weighted by Crippen LogP contribution is 2.30. The second-order valence-corrected chi connectivity index (χ2v) is 7.63. The molecule has 5 rings (SSSR count). The van der Waals surface area contributed by atoms with E-state index < -0.39 is 0 Å². The number of anilines is 1. The molecular weight excluding hydrogens is 400 g/mol. The number of aryl methyl sites for hydroxylation is 1. The number of nitrogens with one attached hydrogen (secondary N) is 2. The average molecular weight is 425 g/mol. The topological polar surface area (TPSA) is 97.2 Å². The van der Waals surface area contributed by atoms with Gasteiger partial charge < -0.3 is 9.88 Å². The smallest absolute Gasteiger partial charge is 0.205 e. The van der Waals surface area contributed by atoms with E-state index in [1.807, 2.05) is 37.4 Å². The van der Waals surface area contributed by atoms with Gasteiger partial charge in [-0.25, -0.2) is 9.97 Å². The largest absolute Gasteiger partial charge is 0.373 e. The molecule has 32 heavy (non-hydrogen) atoms. The van der Waals surface area contributed by atoms with Gasteiger partial charge in [-0.05, 0) is 40.5 Å². The fourth-order valence-corrected chi connectivity index (χ4v) is 3.95. The molecule has 2 aromatic carbocycles. The van der Waals surface area contributed by atoms with Crippen LogP contribution in [0, 0.1) is 0 Å². The summed E-state index contributed by atoms with van der Waals surface area (Å²) >= 11 is 0. The summed E-state index contributed by atoms with van der Waals surface area (Å²) in [5, 5.41) is 17.6. The molecule has 5 aromatic rings. The van der Waals surface area contributed by atoms with Crippen molar-refractivity contribution < 1.29 is 0 Å². The molecule has 0 bridgehead atoms. The lowest BCUT2D eigenvalue weighted by Crippen LogP contribution is -2.06. The van der Waals surface area contributed by atoms with E-state index in [-0.39, 0.29) is 0 Å². The lowest BCUT2D eigenvalue weighted by atomic mass is 9.98. The van der Waals surface area contributed by atoms with Gasteiger partial charge in [0.1, 0.15) is 17.2 Å². The standard InChI is InChI=1S/C24H24N8/c1-3-6-22-26-20-13-14-21(25-2)27-24(20)32(22)15-16-9-11-17(12-10-16)18-7-4-5-8-19(18)23-28-30-31-29-23/h4-5,7-14H,3,6,15H2,1-2H3,(H,25,27)(H,28,29,30,31). The summed E-state index contributed by atoms with van der Waals surface area (Å²) in [4.78, 5) is 9.59. The Morgan fingerprint density at radius 3 is 2.47 bits per heavy atom. The maximum absolute atomic E-state index is 4.83. The maximum atomic E-state index is 4.83. The summed E-state index contributed by atoms with van der Waals surface area (Å²) < 4.78 is 2.22. The predicted molar refractivity (Wildman–Crippen MR) is 125 cm³/mol. The minimum absolute atomic E-state index is 0.588. The molecular formula is C24H24N8. The Hall–Kier alpha value is -4.07. The van der Waals surface area contributed by atoms with Crippen LogP contribution < -0.4 is 5.32 Å². The van der Waals surface area contributed by atoms with Crippen molar-refractivity contribution in [2.24, 2.45) is 0 Å². The molecule has 0 fully saturated rings. The second-order valence-electron chi connectivity index (χ2n) is 7.63. The van der Waals surface area contributed by atoms with Crippen LogP contribution in [0.25, 0.3) is 33.7 Å². The molecule has 3 aromatic heterocycles. The Balaban J connectivity index is 1.49. The van der Waals surface area contributed by atoms with Gasteiger partial charge in [-0.2, -0.15) is 5.21 Å². The SMILES string of the molecule is CCCc1nc2ccc(NC)nc2n1Cc1ccc(-c2ccccc2-c2nn[nH]n2)cc1. The Morgan fingerprint density at radius 2 is 1.75 bits per heavy atom. The molecule has 0 saturated heterocycles. The zero-order valence-electron chi connectivity index (χ0n) is 18.1. The van der Waals surface area contributed by atoms with Crippen molar-refractivity contribution in [1.29, 1.82) is 0 Å². The Kier molecular flexibility index (Phi) is 5.33. The monoisotopic (exact) mass is 424 g/mol. The van der Waals surface area contributed by atoms with E-state index in [2.05, 4.69) is 67.8 Å². The number of aromatic nitrogens is 7. The fraction of sp³-hybridized carbons (Fsp3) is 0.208. The minimum atomic E-state index is 0.588. The average Bonchev–Trinajstić information content (AvgIpc) is 3.48. The molecule has 0 unspecified atom stereocenters. The number of imidazole rings is 1. The quantitative estimate of drug-likeness (QED) is 0.404. The van der Waals surface area contributed by atoms with E-state index in [0.29, 0.717) is 5.82 Å². The van der Waals surface area contributed by atoms with E-state index in [1.165, 1.54) is 5.56 Å². The molecule has 2 N–H and O–H groups in total. The number of benzene rings is 2. The van der Waals surface area contributed by atoms with Crippen LogP contribution in [0.15, 0.2) is 60.7 Å². The second kappa shape index (κ2) is 8.58. The number of fused-ring (bicyclic) bond motifs is 1. The number of pyridine rings is 1. The molecule has 0 aliphatic carbocycles. The highest BCUT2D eigenvalue weighted by Gasteiger charge is 2.14. The molecule has 160 valence electrons. The first-order valence-corrected chi connectivity index (χ1v) is 10.7. The molecule has 0 amide bonds. The van der Waals surface area contributed by atoms with Crippen molar-refractivity contribution in [2.45, 2.75) is 26.3 Å². The van der Waals surface area contributed by atoms with Gasteiger partial charge in [0.05, 0.1) is 6.54 Å². The Labute approximate surface area is 185 Å². The summed E-state index contributed by atoms with van der Waals surface area (Å²) in [6.45, 7) is 2.89. The van der Waals surface area contributed by atoms with Gasteiger partial charge in [-0.15, -0.1) is 10.2 Å². The maximum Gasteiger partial charge on any atom is 0.205 e. The summed E-state index contributed by atoms with van der Waals surface area (Å²) in [6, 6.07) is 20.7. The predicted octanol–water partition coefficient (Wildman–Crippen LogP) is 4.32. The van der Waals surface area contributed by atoms with Crippen LogP contribution >= 0.6 is 0 Å². The summed E-state index contributed by atoms with van der Waals surface area (Å²) in [7, 11) is 1.88.